The Balaban J connectivity index is 1.20. The van der Waals surface area contributed by atoms with Crippen LogP contribution in [-0.4, -0.2) is 60.0 Å². The smallest absolute Gasteiger partial charge is 0.229 e. The zero-order chi connectivity index (χ0) is 22.9. The Morgan fingerprint density at radius 3 is 2.58 bits per heavy atom. The molecule has 1 aromatic heterocycles. The van der Waals surface area contributed by atoms with Crippen molar-refractivity contribution >= 4 is 35.0 Å². The van der Waals surface area contributed by atoms with Gasteiger partial charge in [-0.1, -0.05) is 13.8 Å². The summed E-state index contributed by atoms with van der Waals surface area (Å²) in [6.45, 7) is 9.15. The number of nitrogens with one attached hydrogen (secondary N) is 3. The van der Waals surface area contributed by atoms with Crippen LogP contribution in [0.2, 0.25) is 0 Å². The summed E-state index contributed by atoms with van der Waals surface area (Å²) < 4.78 is 0. The number of aliphatic imine (C=N–C) groups is 1. The highest BCUT2D eigenvalue weighted by Gasteiger charge is 2.38. The van der Waals surface area contributed by atoms with Gasteiger partial charge in [0.25, 0.3) is 0 Å². The summed E-state index contributed by atoms with van der Waals surface area (Å²) in [6, 6.07) is 8.48. The van der Waals surface area contributed by atoms with E-state index >= 15 is 0 Å². The van der Waals surface area contributed by atoms with Crippen molar-refractivity contribution in [3.63, 3.8) is 0 Å². The fraction of sp³-hybridized carbons (Fsp3) is 0.500. The lowest BCUT2D eigenvalue weighted by Gasteiger charge is -2.21. The van der Waals surface area contributed by atoms with E-state index in [2.05, 4.69) is 72.0 Å². The second-order valence-corrected chi connectivity index (χ2v) is 9.82. The molecular weight excluding hydrogens is 416 g/mol. The van der Waals surface area contributed by atoms with E-state index in [1.807, 2.05) is 13.8 Å². The Morgan fingerprint density at radius 2 is 1.88 bits per heavy atom. The number of aromatic nitrogens is 2. The summed E-state index contributed by atoms with van der Waals surface area (Å²) >= 11 is 0. The molecule has 1 aromatic carbocycles. The van der Waals surface area contributed by atoms with Crippen LogP contribution in [0.15, 0.2) is 35.5 Å². The van der Waals surface area contributed by atoms with Crippen molar-refractivity contribution in [3.05, 3.63) is 36.0 Å². The van der Waals surface area contributed by atoms with Crippen LogP contribution in [-0.2, 0) is 11.3 Å². The third-order valence-corrected chi connectivity index (χ3v) is 6.52. The van der Waals surface area contributed by atoms with E-state index < -0.39 is 0 Å². The van der Waals surface area contributed by atoms with Crippen LogP contribution in [0.25, 0.3) is 0 Å². The van der Waals surface area contributed by atoms with Crippen LogP contribution in [0.3, 0.4) is 0 Å². The van der Waals surface area contributed by atoms with Crippen molar-refractivity contribution in [2.45, 2.75) is 26.8 Å². The molecule has 3 aliphatic rings. The van der Waals surface area contributed by atoms with Crippen LogP contribution >= 0.6 is 0 Å². The molecule has 3 aliphatic heterocycles. The summed E-state index contributed by atoms with van der Waals surface area (Å²) in [5.74, 6) is 3.40. The van der Waals surface area contributed by atoms with Crippen molar-refractivity contribution in [2.24, 2.45) is 22.7 Å². The van der Waals surface area contributed by atoms with Gasteiger partial charge in [-0.3, -0.25) is 10.1 Å². The van der Waals surface area contributed by atoms with Crippen LogP contribution in [0.4, 0.5) is 23.1 Å². The van der Waals surface area contributed by atoms with Crippen LogP contribution in [0.5, 0.6) is 0 Å². The maximum Gasteiger partial charge on any atom is 0.229 e. The van der Waals surface area contributed by atoms with E-state index in [1.165, 1.54) is 18.8 Å². The number of carbonyl (C=O) groups is 1. The monoisotopic (exact) mass is 448 g/mol. The number of anilines is 4. The fourth-order valence-electron chi connectivity index (χ4n) is 4.95. The molecule has 2 unspecified atom stereocenters. The van der Waals surface area contributed by atoms with E-state index in [4.69, 9.17) is 0 Å². The topological polar surface area (TPSA) is 97.8 Å². The lowest BCUT2D eigenvalue weighted by Crippen LogP contribution is -2.38. The number of benzene rings is 1. The predicted molar refractivity (Wildman–Crippen MR) is 131 cm³/mol. The summed E-state index contributed by atoms with van der Waals surface area (Å²) in [5.41, 5.74) is 3.10. The van der Waals surface area contributed by atoms with Gasteiger partial charge in [0, 0.05) is 55.7 Å². The lowest BCUT2D eigenvalue weighted by molar-refractivity contribution is -0.120. The number of hydrogen-bond acceptors (Lipinski definition) is 8. The van der Waals surface area contributed by atoms with Gasteiger partial charge in [0.15, 0.2) is 0 Å². The van der Waals surface area contributed by atoms with E-state index in [1.54, 1.807) is 6.20 Å². The predicted octanol–water partition coefficient (Wildman–Crippen LogP) is 2.66. The first-order valence-electron chi connectivity index (χ1n) is 11.7. The van der Waals surface area contributed by atoms with Crippen LogP contribution < -0.4 is 20.9 Å². The summed E-state index contributed by atoms with van der Waals surface area (Å²) in [7, 11) is 2.22. The number of hydrogen-bond donors (Lipinski definition) is 3. The molecule has 0 aliphatic carbocycles. The van der Waals surface area contributed by atoms with Crippen molar-refractivity contribution in [3.8, 4) is 0 Å². The summed E-state index contributed by atoms with van der Waals surface area (Å²) in [5, 5.41) is 9.22. The highest BCUT2D eigenvalue weighted by atomic mass is 16.1. The van der Waals surface area contributed by atoms with E-state index in [0.29, 0.717) is 30.7 Å². The standard InChI is InChI=1S/C24H32N8O/c1-15(2)8-21(33)28-24-26-10-16-9-25-23(29-22(16)30-24)27-19-4-6-20(7-5-19)32-13-17-11-31(3)12-18(17)14-32/h4-7,9,15,17-18H,8,10-14H2,1-3H3,(H3,25,26,27,28,29,30,33). The normalized spacial score (nSPS) is 21.9. The van der Waals surface area contributed by atoms with Gasteiger partial charge in [-0.2, -0.15) is 4.98 Å². The molecule has 3 N–H and O–H groups in total. The molecule has 9 nitrogen and oxygen atoms in total. The Bertz CT molecular complexity index is 1040. The van der Waals surface area contributed by atoms with E-state index in [9.17, 15) is 4.79 Å². The zero-order valence-electron chi connectivity index (χ0n) is 19.5. The summed E-state index contributed by atoms with van der Waals surface area (Å²) in [6.07, 6.45) is 2.22. The van der Waals surface area contributed by atoms with Crippen molar-refractivity contribution in [1.29, 1.82) is 0 Å². The SMILES string of the molecule is CC(C)CC(=O)NC1=NCc2cnc(Nc3ccc(N4CC5CN(C)CC5C4)cc3)nc2N1. The van der Waals surface area contributed by atoms with Gasteiger partial charge >= 0.3 is 0 Å². The maximum atomic E-state index is 12.1. The first-order valence-corrected chi connectivity index (χ1v) is 11.7. The largest absolute Gasteiger partial charge is 0.371 e. The molecule has 1 amide bonds. The zero-order valence-corrected chi connectivity index (χ0v) is 19.5. The Hall–Kier alpha value is -3.20. The van der Waals surface area contributed by atoms with Gasteiger partial charge in [0.2, 0.25) is 17.8 Å². The van der Waals surface area contributed by atoms with Crippen LogP contribution in [0.1, 0.15) is 25.8 Å². The molecule has 2 saturated heterocycles. The number of nitrogens with zero attached hydrogens (tertiary/aromatic N) is 5. The molecule has 2 fully saturated rings. The molecule has 0 spiro atoms. The van der Waals surface area contributed by atoms with Gasteiger partial charge < -0.3 is 20.4 Å². The molecule has 2 aromatic rings. The van der Waals surface area contributed by atoms with Gasteiger partial charge in [-0.15, -0.1) is 0 Å². The maximum absolute atomic E-state index is 12.1. The lowest BCUT2D eigenvalue weighted by atomic mass is 10.0. The molecule has 0 bridgehead atoms. The Labute approximate surface area is 194 Å². The highest BCUT2D eigenvalue weighted by molar-refractivity contribution is 6.04. The third kappa shape index (κ3) is 4.93. The number of guanidine groups is 1. The van der Waals surface area contributed by atoms with Crippen molar-refractivity contribution < 1.29 is 4.79 Å². The molecule has 9 heteroatoms. The second kappa shape index (κ2) is 8.97. The molecule has 5 rings (SSSR count). The molecule has 4 heterocycles. The number of likely N-dealkylation sites (tertiary alicyclic amines) is 1. The summed E-state index contributed by atoms with van der Waals surface area (Å²) in [4.78, 5) is 30.4. The van der Waals surface area contributed by atoms with Gasteiger partial charge in [0.05, 0.1) is 6.54 Å². The second-order valence-electron chi connectivity index (χ2n) is 9.82. The first-order chi connectivity index (χ1) is 15.9. The molecule has 33 heavy (non-hydrogen) atoms. The highest BCUT2D eigenvalue weighted by Crippen LogP contribution is 2.33. The average molecular weight is 449 g/mol. The number of amides is 1. The Morgan fingerprint density at radius 1 is 1.15 bits per heavy atom. The molecular formula is C24H32N8O. The van der Waals surface area contributed by atoms with Gasteiger partial charge in [-0.05, 0) is 49.1 Å². The minimum Gasteiger partial charge on any atom is -0.371 e. The van der Waals surface area contributed by atoms with Crippen LogP contribution in [0, 0.1) is 17.8 Å². The molecule has 2 atom stereocenters. The first kappa shape index (κ1) is 21.6. The number of rotatable bonds is 5. The third-order valence-electron chi connectivity index (χ3n) is 6.52. The molecule has 0 saturated carbocycles. The van der Waals surface area contributed by atoms with Gasteiger partial charge in [-0.25, -0.2) is 9.98 Å². The number of carbonyl (C=O) groups excluding carboxylic acids is 1. The molecule has 174 valence electrons. The van der Waals surface area contributed by atoms with Crippen molar-refractivity contribution in [2.75, 3.05) is 48.8 Å². The Kier molecular flexibility index (Phi) is 5.88. The number of fused-ring (bicyclic) bond motifs is 2. The van der Waals surface area contributed by atoms with E-state index in [-0.39, 0.29) is 11.8 Å². The molecule has 0 radical (unpaired) electrons. The fourth-order valence-corrected chi connectivity index (χ4v) is 4.95. The van der Waals surface area contributed by atoms with Crippen molar-refractivity contribution in [1.82, 2.24) is 20.2 Å². The van der Waals surface area contributed by atoms with Gasteiger partial charge in [0.1, 0.15) is 5.82 Å². The minimum atomic E-state index is -0.0548. The minimum absolute atomic E-state index is 0.0548. The quantitative estimate of drug-likeness (QED) is 0.647. The van der Waals surface area contributed by atoms with E-state index in [0.717, 1.165) is 36.2 Å². The average Bonchev–Trinajstić information content (AvgIpc) is 3.31.